The van der Waals surface area contributed by atoms with E-state index in [2.05, 4.69) is 26.7 Å². The monoisotopic (exact) mass is 237 g/mol. The van der Waals surface area contributed by atoms with Crippen LogP contribution in [0.25, 0.3) is 0 Å². The molecule has 0 saturated heterocycles. The predicted molar refractivity (Wildman–Crippen MR) is 64.6 cm³/mol. The summed E-state index contributed by atoms with van der Waals surface area (Å²) in [7, 11) is 1.94. The van der Waals surface area contributed by atoms with E-state index in [9.17, 15) is 0 Å². The van der Waals surface area contributed by atoms with Crippen molar-refractivity contribution < 1.29 is 0 Å². The summed E-state index contributed by atoms with van der Waals surface area (Å²) in [6.45, 7) is 4.76. The molecule has 0 aliphatic heterocycles. The molecule has 2 aromatic rings. The molecule has 0 radical (unpaired) electrons. The van der Waals surface area contributed by atoms with Gasteiger partial charge in [-0.1, -0.05) is 6.92 Å². The first-order chi connectivity index (χ1) is 7.69. The Kier molecular flexibility index (Phi) is 3.19. The van der Waals surface area contributed by atoms with Crippen molar-refractivity contribution in [2.24, 2.45) is 7.05 Å². The average molecular weight is 237 g/mol. The molecule has 0 atom stereocenters. The number of aryl methyl sites for hydroxylation is 3. The van der Waals surface area contributed by atoms with Crippen LogP contribution in [0.2, 0.25) is 0 Å². The van der Waals surface area contributed by atoms with Crippen molar-refractivity contribution in [3.63, 3.8) is 0 Å². The smallest absolute Gasteiger partial charge is 0.202 e. The van der Waals surface area contributed by atoms with Crippen LogP contribution in [0.5, 0.6) is 0 Å². The SMILES string of the molecule is CCc1nn(C)cc1CNc1nc(C)ns1. The van der Waals surface area contributed by atoms with Crippen LogP contribution < -0.4 is 5.32 Å². The Bertz CT molecular complexity index is 473. The zero-order valence-corrected chi connectivity index (χ0v) is 10.5. The third-order valence-electron chi connectivity index (χ3n) is 2.28. The highest BCUT2D eigenvalue weighted by Crippen LogP contribution is 2.13. The molecule has 0 bridgehead atoms. The van der Waals surface area contributed by atoms with Crippen molar-refractivity contribution in [3.05, 3.63) is 23.3 Å². The van der Waals surface area contributed by atoms with Gasteiger partial charge in [0.1, 0.15) is 5.82 Å². The summed E-state index contributed by atoms with van der Waals surface area (Å²) in [6, 6.07) is 0. The number of aromatic nitrogens is 4. The van der Waals surface area contributed by atoms with Crippen molar-refractivity contribution in [1.82, 2.24) is 19.1 Å². The molecule has 6 heteroatoms. The van der Waals surface area contributed by atoms with E-state index in [1.165, 1.54) is 17.1 Å². The minimum absolute atomic E-state index is 0.756. The zero-order chi connectivity index (χ0) is 11.5. The molecule has 16 heavy (non-hydrogen) atoms. The van der Waals surface area contributed by atoms with Crippen LogP contribution >= 0.6 is 11.5 Å². The Morgan fingerprint density at radius 1 is 1.50 bits per heavy atom. The first-order valence-electron chi connectivity index (χ1n) is 5.24. The van der Waals surface area contributed by atoms with E-state index in [0.29, 0.717) is 0 Å². The van der Waals surface area contributed by atoms with Gasteiger partial charge in [0.2, 0.25) is 5.13 Å². The summed E-state index contributed by atoms with van der Waals surface area (Å²) in [5.41, 5.74) is 2.36. The van der Waals surface area contributed by atoms with E-state index in [1.54, 1.807) is 0 Å². The van der Waals surface area contributed by atoms with E-state index < -0.39 is 0 Å². The predicted octanol–water partition coefficient (Wildman–Crippen LogP) is 1.75. The molecule has 2 rings (SSSR count). The van der Waals surface area contributed by atoms with Crippen molar-refractivity contribution in [2.75, 3.05) is 5.32 Å². The number of nitrogens with zero attached hydrogens (tertiary/aromatic N) is 4. The molecule has 0 fully saturated rings. The molecule has 5 nitrogen and oxygen atoms in total. The molecule has 0 aromatic carbocycles. The molecule has 2 heterocycles. The summed E-state index contributed by atoms with van der Waals surface area (Å²) in [4.78, 5) is 4.26. The highest BCUT2D eigenvalue weighted by Gasteiger charge is 2.06. The van der Waals surface area contributed by atoms with Crippen molar-refractivity contribution in [3.8, 4) is 0 Å². The van der Waals surface area contributed by atoms with Gasteiger partial charge < -0.3 is 5.32 Å². The van der Waals surface area contributed by atoms with Crippen LogP contribution in [0, 0.1) is 6.92 Å². The number of nitrogens with one attached hydrogen (secondary N) is 1. The highest BCUT2D eigenvalue weighted by atomic mass is 32.1. The second kappa shape index (κ2) is 4.61. The van der Waals surface area contributed by atoms with Crippen LogP contribution in [-0.4, -0.2) is 19.1 Å². The van der Waals surface area contributed by atoms with E-state index in [0.717, 1.165) is 29.6 Å². The van der Waals surface area contributed by atoms with Gasteiger partial charge in [0, 0.05) is 36.9 Å². The van der Waals surface area contributed by atoms with Gasteiger partial charge in [-0.2, -0.15) is 9.47 Å². The molecular weight excluding hydrogens is 222 g/mol. The van der Waals surface area contributed by atoms with Gasteiger partial charge in [-0.05, 0) is 13.3 Å². The molecule has 0 aliphatic carbocycles. The Labute approximate surface area is 98.7 Å². The Hall–Kier alpha value is -1.43. The largest absolute Gasteiger partial charge is 0.356 e. The van der Waals surface area contributed by atoms with E-state index in [4.69, 9.17) is 0 Å². The van der Waals surface area contributed by atoms with E-state index >= 15 is 0 Å². The molecular formula is C10H15N5S. The Balaban J connectivity index is 2.04. The lowest BCUT2D eigenvalue weighted by Crippen LogP contribution is -2.00. The maximum atomic E-state index is 4.39. The molecule has 0 unspecified atom stereocenters. The standard InChI is InChI=1S/C10H15N5S/c1-4-9-8(6-15(3)13-9)5-11-10-12-7(2)14-16-10/h6H,4-5H2,1-3H3,(H,11,12,14). The van der Waals surface area contributed by atoms with Gasteiger partial charge in [0.05, 0.1) is 5.69 Å². The number of hydrogen-bond acceptors (Lipinski definition) is 5. The minimum Gasteiger partial charge on any atom is -0.356 e. The molecule has 0 aliphatic rings. The summed E-state index contributed by atoms with van der Waals surface area (Å²) < 4.78 is 5.97. The van der Waals surface area contributed by atoms with Gasteiger partial charge in [0.15, 0.2) is 0 Å². The lowest BCUT2D eigenvalue weighted by atomic mass is 10.2. The van der Waals surface area contributed by atoms with E-state index in [1.807, 2.05) is 24.9 Å². The number of rotatable bonds is 4. The molecule has 1 N–H and O–H groups in total. The van der Waals surface area contributed by atoms with Crippen LogP contribution in [0.4, 0.5) is 5.13 Å². The lowest BCUT2D eigenvalue weighted by molar-refractivity contribution is 0.746. The second-order valence-corrected chi connectivity index (χ2v) is 4.38. The summed E-state index contributed by atoms with van der Waals surface area (Å²) >= 11 is 1.39. The normalized spacial score (nSPS) is 10.7. The maximum Gasteiger partial charge on any atom is 0.202 e. The lowest BCUT2D eigenvalue weighted by Gasteiger charge is -2.00. The van der Waals surface area contributed by atoms with Crippen LogP contribution in [0.1, 0.15) is 24.0 Å². The highest BCUT2D eigenvalue weighted by molar-refractivity contribution is 7.09. The van der Waals surface area contributed by atoms with Crippen LogP contribution in [-0.2, 0) is 20.0 Å². The Morgan fingerprint density at radius 2 is 2.31 bits per heavy atom. The van der Waals surface area contributed by atoms with Crippen LogP contribution in [0.3, 0.4) is 0 Å². The third-order valence-corrected chi connectivity index (χ3v) is 3.05. The molecule has 0 saturated carbocycles. The van der Waals surface area contributed by atoms with E-state index in [-0.39, 0.29) is 0 Å². The fourth-order valence-corrected chi connectivity index (χ4v) is 2.14. The van der Waals surface area contributed by atoms with Crippen molar-refractivity contribution in [1.29, 1.82) is 0 Å². The van der Waals surface area contributed by atoms with Gasteiger partial charge in [0.25, 0.3) is 0 Å². The molecule has 0 amide bonds. The van der Waals surface area contributed by atoms with Gasteiger partial charge in [-0.25, -0.2) is 4.98 Å². The minimum atomic E-state index is 0.756. The van der Waals surface area contributed by atoms with Gasteiger partial charge in [-0.3, -0.25) is 4.68 Å². The Morgan fingerprint density at radius 3 is 2.94 bits per heavy atom. The van der Waals surface area contributed by atoms with Gasteiger partial charge >= 0.3 is 0 Å². The van der Waals surface area contributed by atoms with Crippen LogP contribution in [0.15, 0.2) is 6.20 Å². The summed E-state index contributed by atoms with van der Waals surface area (Å²) in [5.74, 6) is 0.814. The topological polar surface area (TPSA) is 55.6 Å². The quantitative estimate of drug-likeness (QED) is 0.880. The van der Waals surface area contributed by atoms with Crippen molar-refractivity contribution >= 4 is 16.7 Å². The average Bonchev–Trinajstić information content (AvgIpc) is 2.81. The van der Waals surface area contributed by atoms with Crippen molar-refractivity contribution in [2.45, 2.75) is 26.8 Å². The first kappa shape index (κ1) is 11.1. The fraction of sp³-hybridized carbons (Fsp3) is 0.500. The molecule has 0 spiro atoms. The maximum absolute atomic E-state index is 4.39. The fourth-order valence-electron chi connectivity index (χ4n) is 1.57. The zero-order valence-electron chi connectivity index (χ0n) is 9.69. The first-order valence-corrected chi connectivity index (χ1v) is 6.02. The molecule has 2 aromatic heterocycles. The number of hydrogen-bond donors (Lipinski definition) is 1. The molecule has 86 valence electrons. The number of anilines is 1. The second-order valence-electron chi connectivity index (χ2n) is 3.63. The third kappa shape index (κ3) is 2.38. The summed E-state index contributed by atoms with van der Waals surface area (Å²) in [5, 5.41) is 8.52. The summed E-state index contributed by atoms with van der Waals surface area (Å²) in [6.07, 6.45) is 2.99. The van der Waals surface area contributed by atoms with Gasteiger partial charge in [-0.15, -0.1) is 0 Å².